The fourth-order valence-corrected chi connectivity index (χ4v) is 4.51. The standard InChI is InChI=1S/C25H18N4OS/c26-21-20-19(16-10-4-1-5-11-16)22(17-12-6-2-7-13-17)28-29-25(20)31-23(21)24(30)27-18-14-8-3-9-15-18/h1-15H,26H2,(H,27,30). The maximum Gasteiger partial charge on any atom is 0.267 e. The third kappa shape index (κ3) is 3.53. The molecule has 2 aromatic heterocycles. The third-order valence-corrected chi connectivity index (χ3v) is 6.09. The summed E-state index contributed by atoms with van der Waals surface area (Å²) in [5.74, 6) is -0.257. The molecule has 0 aliphatic rings. The molecule has 2 heterocycles. The van der Waals surface area contributed by atoms with E-state index in [1.54, 1.807) is 0 Å². The van der Waals surface area contributed by atoms with Gasteiger partial charge in [0.05, 0.1) is 5.69 Å². The highest BCUT2D eigenvalue weighted by Crippen LogP contribution is 2.43. The maximum absolute atomic E-state index is 13.0. The molecule has 3 N–H and O–H groups in total. The van der Waals surface area contributed by atoms with Crippen molar-refractivity contribution in [3.63, 3.8) is 0 Å². The first-order valence-corrected chi connectivity index (χ1v) is 10.6. The summed E-state index contributed by atoms with van der Waals surface area (Å²) >= 11 is 1.25. The van der Waals surface area contributed by atoms with E-state index in [9.17, 15) is 4.79 Å². The number of hydrogen-bond acceptors (Lipinski definition) is 5. The lowest BCUT2D eigenvalue weighted by atomic mass is 9.96. The molecule has 0 fully saturated rings. The van der Waals surface area contributed by atoms with Gasteiger partial charge in [-0.3, -0.25) is 4.79 Å². The number of thiophene rings is 1. The molecular weight excluding hydrogens is 404 g/mol. The minimum absolute atomic E-state index is 0.257. The van der Waals surface area contributed by atoms with Crippen molar-refractivity contribution in [2.75, 3.05) is 11.1 Å². The van der Waals surface area contributed by atoms with Gasteiger partial charge in [-0.05, 0) is 17.7 Å². The molecule has 0 saturated heterocycles. The number of rotatable bonds is 4. The lowest BCUT2D eigenvalue weighted by molar-refractivity contribution is 0.103. The number of benzene rings is 3. The van der Waals surface area contributed by atoms with E-state index in [1.165, 1.54) is 11.3 Å². The highest BCUT2D eigenvalue weighted by atomic mass is 32.1. The number of nitrogen functional groups attached to an aromatic ring is 1. The van der Waals surface area contributed by atoms with E-state index in [1.807, 2.05) is 91.0 Å². The summed E-state index contributed by atoms with van der Waals surface area (Å²) in [5, 5.41) is 12.6. The first-order valence-electron chi connectivity index (χ1n) is 9.78. The van der Waals surface area contributed by atoms with Gasteiger partial charge < -0.3 is 11.1 Å². The van der Waals surface area contributed by atoms with Crippen molar-refractivity contribution in [2.45, 2.75) is 0 Å². The number of carbonyl (C=O) groups excluding carboxylic acids is 1. The molecule has 0 bridgehead atoms. The Morgan fingerprint density at radius 1 is 0.774 bits per heavy atom. The Bertz CT molecular complexity index is 1370. The number of fused-ring (bicyclic) bond motifs is 1. The van der Waals surface area contributed by atoms with Crippen molar-refractivity contribution in [1.82, 2.24) is 10.2 Å². The van der Waals surface area contributed by atoms with Crippen molar-refractivity contribution in [3.05, 3.63) is 95.9 Å². The van der Waals surface area contributed by atoms with Gasteiger partial charge >= 0.3 is 0 Å². The SMILES string of the molecule is Nc1c(C(=O)Nc2ccccc2)sc2nnc(-c3ccccc3)c(-c3ccccc3)c12. The van der Waals surface area contributed by atoms with Crippen LogP contribution in [0.25, 0.3) is 32.6 Å². The molecule has 0 aliphatic heterocycles. The highest BCUT2D eigenvalue weighted by molar-refractivity contribution is 7.21. The van der Waals surface area contributed by atoms with Crippen molar-refractivity contribution in [3.8, 4) is 22.4 Å². The van der Waals surface area contributed by atoms with Crippen molar-refractivity contribution in [2.24, 2.45) is 0 Å². The van der Waals surface area contributed by atoms with Gasteiger partial charge in [0.2, 0.25) is 0 Å². The zero-order valence-corrected chi connectivity index (χ0v) is 17.3. The number of nitrogens with two attached hydrogens (primary N) is 1. The first-order chi connectivity index (χ1) is 15.2. The Hall–Kier alpha value is -4.03. The Morgan fingerprint density at radius 2 is 1.35 bits per heavy atom. The zero-order valence-electron chi connectivity index (χ0n) is 16.4. The Morgan fingerprint density at radius 3 is 2.00 bits per heavy atom. The van der Waals surface area contributed by atoms with Gasteiger partial charge in [0, 0.05) is 22.2 Å². The van der Waals surface area contributed by atoms with Crippen LogP contribution < -0.4 is 11.1 Å². The van der Waals surface area contributed by atoms with Crippen LogP contribution >= 0.6 is 11.3 Å². The number of amides is 1. The number of anilines is 2. The molecule has 5 aromatic rings. The van der Waals surface area contributed by atoms with Crippen molar-refractivity contribution < 1.29 is 4.79 Å². The lowest BCUT2D eigenvalue weighted by Crippen LogP contribution is -2.11. The van der Waals surface area contributed by atoms with E-state index >= 15 is 0 Å². The molecule has 31 heavy (non-hydrogen) atoms. The summed E-state index contributed by atoms with van der Waals surface area (Å²) in [4.78, 5) is 14.0. The molecule has 0 atom stereocenters. The van der Waals surface area contributed by atoms with Crippen LogP contribution in [-0.2, 0) is 0 Å². The van der Waals surface area contributed by atoms with Crippen LogP contribution in [0.3, 0.4) is 0 Å². The smallest absolute Gasteiger partial charge is 0.267 e. The summed E-state index contributed by atoms with van der Waals surface area (Å²) in [5.41, 5.74) is 11.2. The van der Waals surface area contributed by atoms with Crippen LogP contribution in [0.1, 0.15) is 9.67 Å². The molecule has 0 aliphatic carbocycles. The van der Waals surface area contributed by atoms with Gasteiger partial charge in [-0.15, -0.1) is 21.5 Å². The summed E-state index contributed by atoms with van der Waals surface area (Å²) in [7, 11) is 0. The van der Waals surface area contributed by atoms with Gasteiger partial charge in [0.1, 0.15) is 15.4 Å². The van der Waals surface area contributed by atoms with Crippen LogP contribution in [0.2, 0.25) is 0 Å². The predicted octanol–water partition coefficient (Wildman–Crippen LogP) is 5.86. The topological polar surface area (TPSA) is 80.9 Å². The molecule has 1 amide bonds. The molecular formula is C25H18N4OS. The lowest BCUT2D eigenvalue weighted by Gasteiger charge is -2.11. The van der Waals surface area contributed by atoms with E-state index in [0.717, 1.165) is 27.8 Å². The van der Waals surface area contributed by atoms with Gasteiger partial charge in [-0.2, -0.15) is 0 Å². The van der Waals surface area contributed by atoms with Crippen LogP contribution in [-0.4, -0.2) is 16.1 Å². The minimum Gasteiger partial charge on any atom is -0.397 e. The number of nitrogens with one attached hydrogen (secondary N) is 1. The van der Waals surface area contributed by atoms with E-state index in [2.05, 4.69) is 15.5 Å². The Kier molecular flexibility index (Phi) is 4.90. The average Bonchev–Trinajstić information content (AvgIpc) is 3.17. The van der Waals surface area contributed by atoms with E-state index in [0.29, 0.717) is 21.1 Å². The average molecular weight is 423 g/mol. The molecule has 0 radical (unpaired) electrons. The zero-order chi connectivity index (χ0) is 21.2. The predicted molar refractivity (Wildman–Crippen MR) is 127 cm³/mol. The van der Waals surface area contributed by atoms with Gasteiger partial charge in [-0.1, -0.05) is 78.9 Å². The van der Waals surface area contributed by atoms with Crippen LogP contribution in [0.5, 0.6) is 0 Å². The normalized spacial score (nSPS) is 10.8. The number of nitrogens with zero attached hydrogens (tertiary/aromatic N) is 2. The Labute approximate surface area is 183 Å². The van der Waals surface area contributed by atoms with E-state index in [4.69, 9.17) is 5.73 Å². The molecule has 0 spiro atoms. The Balaban J connectivity index is 1.71. The quantitative estimate of drug-likeness (QED) is 0.380. The molecule has 3 aromatic carbocycles. The maximum atomic E-state index is 13.0. The monoisotopic (exact) mass is 422 g/mol. The summed E-state index contributed by atoms with van der Waals surface area (Å²) in [6, 6.07) is 29.1. The third-order valence-electron chi connectivity index (χ3n) is 5.00. The number of hydrogen-bond donors (Lipinski definition) is 2. The first kappa shape index (κ1) is 19.0. The van der Waals surface area contributed by atoms with Crippen LogP contribution in [0.15, 0.2) is 91.0 Å². The van der Waals surface area contributed by atoms with Gasteiger partial charge in [0.25, 0.3) is 5.91 Å². The molecule has 0 unspecified atom stereocenters. The molecule has 6 heteroatoms. The molecule has 5 rings (SSSR count). The number of carbonyl (C=O) groups is 1. The fraction of sp³-hybridized carbons (Fsp3) is 0. The van der Waals surface area contributed by atoms with Crippen LogP contribution in [0.4, 0.5) is 11.4 Å². The summed E-state index contributed by atoms with van der Waals surface area (Å²) < 4.78 is 0. The summed E-state index contributed by atoms with van der Waals surface area (Å²) in [6.07, 6.45) is 0. The fourth-order valence-electron chi connectivity index (χ4n) is 3.57. The van der Waals surface area contributed by atoms with E-state index < -0.39 is 0 Å². The second-order valence-electron chi connectivity index (χ2n) is 7.00. The highest BCUT2D eigenvalue weighted by Gasteiger charge is 2.23. The van der Waals surface area contributed by atoms with Crippen molar-refractivity contribution >= 4 is 38.8 Å². The second kappa shape index (κ2) is 8.01. The van der Waals surface area contributed by atoms with Gasteiger partial charge in [0.15, 0.2) is 0 Å². The minimum atomic E-state index is -0.257. The van der Waals surface area contributed by atoms with Crippen molar-refractivity contribution in [1.29, 1.82) is 0 Å². The number of para-hydroxylation sites is 1. The summed E-state index contributed by atoms with van der Waals surface area (Å²) in [6.45, 7) is 0. The molecule has 150 valence electrons. The molecule has 0 saturated carbocycles. The number of aromatic nitrogens is 2. The van der Waals surface area contributed by atoms with Gasteiger partial charge in [-0.25, -0.2) is 0 Å². The largest absolute Gasteiger partial charge is 0.397 e. The second-order valence-corrected chi connectivity index (χ2v) is 8.00. The van der Waals surface area contributed by atoms with E-state index in [-0.39, 0.29) is 5.91 Å². The van der Waals surface area contributed by atoms with Crippen LogP contribution in [0, 0.1) is 0 Å². The molecule has 5 nitrogen and oxygen atoms in total.